The van der Waals surface area contributed by atoms with E-state index in [-0.39, 0.29) is 18.9 Å². The zero-order valence-electron chi connectivity index (χ0n) is 7.23. The van der Waals surface area contributed by atoms with Gasteiger partial charge >= 0.3 is 0 Å². The van der Waals surface area contributed by atoms with Crippen LogP contribution in [0.25, 0.3) is 0 Å². The molecule has 3 nitrogen and oxygen atoms in total. The summed E-state index contributed by atoms with van der Waals surface area (Å²) in [5.41, 5.74) is 0. The third-order valence-corrected chi connectivity index (χ3v) is 1.48. The van der Waals surface area contributed by atoms with Crippen molar-refractivity contribution < 1.29 is 13.6 Å². The number of hydrogen-bond acceptors (Lipinski definition) is 2. The fraction of sp³-hybridized carbons (Fsp3) is 0.857. The summed E-state index contributed by atoms with van der Waals surface area (Å²) in [6, 6.07) is -0.852. The van der Waals surface area contributed by atoms with E-state index in [9.17, 15) is 13.6 Å². The first-order valence-electron chi connectivity index (χ1n) is 3.80. The molecule has 0 aliphatic carbocycles. The number of alkyl halides is 2. The molecule has 0 radical (unpaired) electrons. The highest BCUT2D eigenvalue weighted by Gasteiger charge is 2.13. The molecule has 0 rings (SSSR count). The third kappa shape index (κ3) is 5.01. The Morgan fingerprint density at radius 1 is 1.50 bits per heavy atom. The number of rotatable bonds is 5. The first-order chi connectivity index (χ1) is 5.57. The Bertz CT molecular complexity index is 141. The number of amides is 1. The number of carbonyl (C=O) groups is 1. The molecule has 1 atom stereocenters. The number of carbonyl (C=O) groups excluding carboxylic acids is 1. The summed E-state index contributed by atoms with van der Waals surface area (Å²) >= 11 is 0. The molecule has 0 spiro atoms. The lowest BCUT2D eigenvalue weighted by Gasteiger charge is -2.11. The van der Waals surface area contributed by atoms with E-state index < -0.39 is 12.5 Å². The Balaban J connectivity index is 3.37. The molecule has 0 aliphatic heterocycles. The van der Waals surface area contributed by atoms with E-state index >= 15 is 0 Å². The van der Waals surface area contributed by atoms with E-state index in [0.717, 1.165) is 0 Å². The van der Waals surface area contributed by atoms with Gasteiger partial charge in [0.1, 0.15) is 0 Å². The summed E-state index contributed by atoms with van der Waals surface area (Å²) < 4.78 is 23.7. The SMILES string of the molecule is CNC(=O)CCNC(C)C(F)F. The first-order valence-corrected chi connectivity index (χ1v) is 3.80. The van der Waals surface area contributed by atoms with Gasteiger partial charge < -0.3 is 10.6 Å². The maximum Gasteiger partial charge on any atom is 0.253 e. The molecule has 12 heavy (non-hydrogen) atoms. The summed E-state index contributed by atoms with van der Waals surface area (Å²) in [6.07, 6.45) is -2.15. The summed E-state index contributed by atoms with van der Waals surface area (Å²) in [5.74, 6) is -0.149. The van der Waals surface area contributed by atoms with Crippen molar-refractivity contribution in [3.8, 4) is 0 Å². The Morgan fingerprint density at radius 3 is 2.50 bits per heavy atom. The van der Waals surface area contributed by atoms with Crippen molar-refractivity contribution in [2.24, 2.45) is 0 Å². The minimum atomic E-state index is -2.38. The predicted molar refractivity (Wildman–Crippen MR) is 42.2 cm³/mol. The molecule has 0 fully saturated rings. The minimum Gasteiger partial charge on any atom is -0.359 e. The largest absolute Gasteiger partial charge is 0.359 e. The molecule has 0 saturated heterocycles. The van der Waals surface area contributed by atoms with Crippen molar-refractivity contribution in [3.63, 3.8) is 0 Å². The molecule has 2 N–H and O–H groups in total. The quantitative estimate of drug-likeness (QED) is 0.641. The number of halogens is 2. The van der Waals surface area contributed by atoms with Gasteiger partial charge in [0.05, 0.1) is 6.04 Å². The van der Waals surface area contributed by atoms with Gasteiger partial charge in [-0.25, -0.2) is 8.78 Å². The molecule has 0 saturated carbocycles. The molecule has 0 aromatic carbocycles. The highest BCUT2D eigenvalue weighted by Crippen LogP contribution is 1.98. The summed E-state index contributed by atoms with van der Waals surface area (Å²) in [5, 5.41) is 4.94. The molecule has 0 bridgehead atoms. The highest BCUT2D eigenvalue weighted by atomic mass is 19.3. The standard InChI is InChI=1S/C7H14F2N2O/c1-5(7(8)9)11-4-3-6(12)10-2/h5,7,11H,3-4H2,1-2H3,(H,10,12). The van der Waals surface area contributed by atoms with E-state index in [0.29, 0.717) is 0 Å². The van der Waals surface area contributed by atoms with Crippen molar-refractivity contribution in [1.29, 1.82) is 0 Å². The Morgan fingerprint density at radius 2 is 2.08 bits per heavy atom. The van der Waals surface area contributed by atoms with Crippen molar-refractivity contribution >= 4 is 5.91 Å². The van der Waals surface area contributed by atoms with Crippen molar-refractivity contribution in [1.82, 2.24) is 10.6 Å². The van der Waals surface area contributed by atoms with Gasteiger partial charge in [-0.2, -0.15) is 0 Å². The van der Waals surface area contributed by atoms with Gasteiger partial charge in [0, 0.05) is 20.0 Å². The van der Waals surface area contributed by atoms with E-state index in [1.54, 1.807) is 0 Å². The summed E-state index contributed by atoms with van der Waals surface area (Å²) in [6.45, 7) is 1.67. The predicted octanol–water partition coefficient (Wildman–Crippen LogP) is 0.366. The molecule has 0 heterocycles. The lowest BCUT2D eigenvalue weighted by atomic mass is 10.3. The maximum atomic E-state index is 11.9. The van der Waals surface area contributed by atoms with Gasteiger partial charge in [0.25, 0.3) is 6.43 Å². The van der Waals surface area contributed by atoms with Crippen LogP contribution < -0.4 is 10.6 Å². The number of hydrogen-bond donors (Lipinski definition) is 2. The monoisotopic (exact) mass is 180 g/mol. The third-order valence-electron chi connectivity index (χ3n) is 1.48. The fourth-order valence-corrected chi connectivity index (χ4v) is 0.627. The van der Waals surface area contributed by atoms with Crippen LogP contribution >= 0.6 is 0 Å². The van der Waals surface area contributed by atoms with E-state index in [1.165, 1.54) is 14.0 Å². The van der Waals surface area contributed by atoms with Crippen LogP contribution in [-0.4, -0.2) is 32.0 Å². The second-order valence-electron chi connectivity index (χ2n) is 2.50. The Labute approximate surface area is 70.5 Å². The maximum absolute atomic E-state index is 11.9. The van der Waals surface area contributed by atoms with Crippen LogP contribution in [0.2, 0.25) is 0 Å². The molecule has 0 aromatic rings. The summed E-state index contributed by atoms with van der Waals surface area (Å²) in [4.78, 5) is 10.6. The van der Waals surface area contributed by atoms with Crippen LogP contribution in [0.15, 0.2) is 0 Å². The van der Waals surface area contributed by atoms with E-state index in [1.807, 2.05) is 0 Å². The average molecular weight is 180 g/mol. The average Bonchev–Trinajstić information content (AvgIpc) is 2.03. The second-order valence-corrected chi connectivity index (χ2v) is 2.50. The van der Waals surface area contributed by atoms with Crippen LogP contribution in [0.3, 0.4) is 0 Å². The topological polar surface area (TPSA) is 41.1 Å². The van der Waals surface area contributed by atoms with Gasteiger partial charge in [-0.1, -0.05) is 0 Å². The fourth-order valence-electron chi connectivity index (χ4n) is 0.627. The summed E-state index contributed by atoms with van der Waals surface area (Å²) in [7, 11) is 1.51. The van der Waals surface area contributed by atoms with E-state index in [2.05, 4.69) is 10.6 Å². The lowest BCUT2D eigenvalue weighted by Crippen LogP contribution is -2.35. The molecule has 72 valence electrons. The molecule has 1 amide bonds. The van der Waals surface area contributed by atoms with Crippen LogP contribution in [-0.2, 0) is 4.79 Å². The first kappa shape index (κ1) is 11.3. The zero-order chi connectivity index (χ0) is 9.56. The van der Waals surface area contributed by atoms with Crippen LogP contribution in [0.4, 0.5) is 8.78 Å². The van der Waals surface area contributed by atoms with Gasteiger partial charge in [0.2, 0.25) is 5.91 Å². The molecular weight excluding hydrogens is 166 g/mol. The van der Waals surface area contributed by atoms with Crippen molar-refractivity contribution in [3.05, 3.63) is 0 Å². The number of nitrogens with one attached hydrogen (secondary N) is 2. The minimum absolute atomic E-state index is 0.149. The van der Waals surface area contributed by atoms with Crippen LogP contribution in [0, 0.1) is 0 Å². The van der Waals surface area contributed by atoms with Crippen LogP contribution in [0.5, 0.6) is 0 Å². The normalized spacial score (nSPS) is 13.1. The second kappa shape index (κ2) is 5.88. The van der Waals surface area contributed by atoms with Gasteiger partial charge in [-0.05, 0) is 6.92 Å². The van der Waals surface area contributed by atoms with Crippen molar-refractivity contribution in [2.45, 2.75) is 25.8 Å². The van der Waals surface area contributed by atoms with Gasteiger partial charge in [0.15, 0.2) is 0 Å². The molecule has 5 heteroatoms. The van der Waals surface area contributed by atoms with Crippen LogP contribution in [0.1, 0.15) is 13.3 Å². The molecule has 0 aromatic heterocycles. The smallest absolute Gasteiger partial charge is 0.253 e. The molecule has 1 unspecified atom stereocenters. The Hall–Kier alpha value is -0.710. The molecular formula is C7H14F2N2O. The van der Waals surface area contributed by atoms with Gasteiger partial charge in [-0.15, -0.1) is 0 Å². The van der Waals surface area contributed by atoms with E-state index in [4.69, 9.17) is 0 Å². The van der Waals surface area contributed by atoms with Gasteiger partial charge in [-0.3, -0.25) is 4.79 Å². The molecule has 0 aliphatic rings. The zero-order valence-corrected chi connectivity index (χ0v) is 7.23. The lowest BCUT2D eigenvalue weighted by molar-refractivity contribution is -0.120. The van der Waals surface area contributed by atoms with Crippen molar-refractivity contribution in [2.75, 3.05) is 13.6 Å². The Kier molecular flexibility index (Phi) is 5.53. The highest BCUT2D eigenvalue weighted by molar-refractivity contribution is 5.75.